The van der Waals surface area contributed by atoms with E-state index < -0.39 is 0 Å². The van der Waals surface area contributed by atoms with Gasteiger partial charge in [-0.3, -0.25) is 4.79 Å². The summed E-state index contributed by atoms with van der Waals surface area (Å²) in [5, 5.41) is 2.09. The normalized spacial score (nSPS) is 16.2. The van der Waals surface area contributed by atoms with Gasteiger partial charge in [0.15, 0.2) is 0 Å². The van der Waals surface area contributed by atoms with E-state index in [9.17, 15) is 4.79 Å². The summed E-state index contributed by atoms with van der Waals surface area (Å²) in [5.74, 6) is 0.229. The Morgan fingerprint density at radius 2 is 2.21 bits per heavy atom. The van der Waals surface area contributed by atoms with Gasteiger partial charge in [0.05, 0.1) is 4.88 Å². The van der Waals surface area contributed by atoms with E-state index in [-0.39, 0.29) is 5.91 Å². The number of aryl methyl sites for hydroxylation is 1. The standard InChI is InChI=1S/C11H15NOS/c1-2-9-7-10(14-8-9)11(13)12-5-3-4-6-12/h7-8H,2-6H2,1H3. The van der Waals surface area contributed by atoms with Gasteiger partial charge < -0.3 is 4.90 Å². The van der Waals surface area contributed by atoms with Crippen LogP contribution in [0.5, 0.6) is 0 Å². The summed E-state index contributed by atoms with van der Waals surface area (Å²) in [4.78, 5) is 14.8. The van der Waals surface area contributed by atoms with Gasteiger partial charge >= 0.3 is 0 Å². The molecule has 2 nitrogen and oxygen atoms in total. The summed E-state index contributed by atoms with van der Waals surface area (Å²) >= 11 is 1.58. The van der Waals surface area contributed by atoms with Crippen LogP contribution < -0.4 is 0 Å². The molecular weight excluding hydrogens is 194 g/mol. The van der Waals surface area contributed by atoms with E-state index >= 15 is 0 Å². The van der Waals surface area contributed by atoms with Crippen molar-refractivity contribution in [3.63, 3.8) is 0 Å². The number of hydrogen-bond donors (Lipinski definition) is 0. The molecule has 14 heavy (non-hydrogen) atoms. The van der Waals surface area contributed by atoms with Crippen molar-refractivity contribution in [1.82, 2.24) is 4.90 Å². The number of amides is 1. The molecule has 2 heterocycles. The molecule has 0 aromatic carbocycles. The Labute approximate surface area is 88.5 Å². The SMILES string of the molecule is CCc1csc(C(=O)N2CCCC2)c1. The summed E-state index contributed by atoms with van der Waals surface area (Å²) in [5.41, 5.74) is 1.28. The lowest BCUT2D eigenvalue weighted by molar-refractivity contribution is 0.0797. The van der Waals surface area contributed by atoms with E-state index in [0.29, 0.717) is 0 Å². The smallest absolute Gasteiger partial charge is 0.263 e. The summed E-state index contributed by atoms with van der Waals surface area (Å²) in [6, 6.07) is 2.03. The fraction of sp³-hybridized carbons (Fsp3) is 0.545. The van der Waals surface area contributed by atoms with E-state index in [2.05, 4.69) is 12.3 Å². The Bertz CT molecular complexity index is 326. The van der Waals surface area contributed by atoms with Crippen molar-refractivity contribution in [2.45, 2.75) is 26.2 Å². The number of carbonyl (C=O) groups excluding carboxylic acids is 1. The molecule has 0 unspecified atom stereocenters. The first kappa shape index (κ1) is 9.71. The van der Waals surface area contributed by atoms with Crippen LogP contribution in [0, 0.1) is 0 Å². The van der Waals surface area contributed by atoms with E-state index in [1.54, 1.807) is 11.3 Å². The topological polar surface area (TPSA) is 20.3 Å². The summed E-state index contributed by atoms with van der Waals surface area (Å²) in [6.07, 6.45) is 3.35. The Kier molecular flexibility index (Phi) is 2.87. The van der Waals surface area contributed by atoms with Crippen molar-refractivity contribution in [3.05, 3.63) is 21.9 Å². The zero-order valence-electron chi connectivity index (χ0n) is 8.45. The largest absolute Gasteiger partial charge is 0.338 e. The van der Waals surface area contributed by atoms with Crippen LogP contribution in [0.15, 0.2) is 11.4 Å². The molecule has 1 aliphatic heterocycles. The monoisotopic (exact) mass is 209 g/mol. The average Bonchev–Trinajstić information content (AvgIpc) is 2.88. The van der Waals surface area contributed by atoms with Crippen LogP contribution >= 0.6 is 11.3 Å². The first-order valence-electron chi connectivity index (χ1n) is 5.18. The number of nitrogens with zero attached hydrogens (tertiary/aromatic N) is 1. The van der Waals surface area contributed by atoms with Gasteiger partial charge in [-0.15, -0.1) is 11.3 Å². The van der Waals surface area contributed by atoms with Crippen LogP contribution in [-0.2, 0) is 6.42 Å². The van der Waals surface area contributed by atoms with Crippen molar-refractivity contribution >= 4 is 17.2 Å². The van der Waals surface area contributed by atoms with Crippen molar-refractivity contribution in [2.24, 2.45) is 0 Å². The Balaban J connectivity index is 2.09. The van der Waals surface area contributed by atoms with Crippen LogP contribution in [0.4, 0.5) is 0 Å². The summed E-state index contributed by atoms with van der Waals surface area (Å²) in [6.45, 7) is 4.00. The molecule has 0 aliphatic carbocycles. The molecule has 1 fully saturated rings. The van der Waals surface area contributed by atoms with E-state index in [0.717, 1.165) is 37.2 Å². The second-order valence-corrected chi connectivity index (χ2v) is 4.58. The van der Waals surface area contributed by atoms with Crippen molar-refractivity contribution < 1.29 is 4.79 Å². The number of thiophene rings is 1. The third-order valence-electron chi connectivity index (χ3n) is 2.67. The van der Waals surface area contributed by atoms with E-state index in [1.165, 1.54) is 5.56 Å². The van der Waals surface area contributed by atoms with Crippen LogP contribution in [-0.4, -0.2) is 23.9 Å². The first-order valence-corrected chi connectivity index (χ1v) is 6.06. The molecule has 3 heteroatoms. The number of likely N-dealkylation sites (tertiary alicyclic amines) is 1. The average molecular weight is 209 g/mol. The Morgan fingerprint density at radius 1 is 1.50 bits per heavy atom. The van der Waals surface area contributed by atoms with Crippen LogP contribution in [0.2, 0.25) is 0 Å². The second kappa shape index (κ2) is 4.13. The van der Waals surface area contributed by atoms with Crippen LogP contribution in [0.3, 0.4) is 0 Å². The molecule has 0 bridgehead atoms. The first-order chi connectivity index (χ1) is 6.81. The highest BCUT2D eigenvalue weighted by atomic mass is 32.1. The molecule has 1 aromatic heterocycles. The highest BCUT2D eigenvalue weighted by molar-refractivity contribution is 7.12. The molecule has 76 valence electrons. The summed E-state index contributed by atoms with van der Waals surface area (Å²) in [7, 11) is 0. The molecule has 1 saturated heterocycles. The van der Waals surface area contributed by atoms with Gasteiger partial charge in [-0.25, -0.2) is 0 Å². The maximum Gasteiger partial charge on any atom is 0.263 e. The van der Waals surface area contributed by atoms with Crippen molar-refractivity contribution in [2.75, 3.05) is 13.1 Å². The number of hydrogen-bond acceptors (Lipinski definition) is 2. The molecule has 1 amide bonds. The zero-order valence-corrected chi connectivity index (χ0v) is 9.27. The molecule has 0 saturated carbocycles. The van der Waals surface area contributed by atoms with Gasteiger partial charge in [0, 0.05) is 13.1 Å². The van der Waals surface area contributed by atoms with Crippen LogP contribution in [0.1, 0.15) is 35.0 Å². The minimum absolute atomic E-state index is 0.229. The molecule has 0 N–H and O–H groups in total. The highest BCUT2D eigenvalue weighted by Gasteiger charge is 2.20. The Morgan fingerprint density at radius 3 is 2.79 bits per heavy atom. The van der Waals surface area contributed by atoms with Gasteiger partial charge in [0.2, 0.25) is 0 Å². The maximum absolute atomic E-state index is 11.9. The lowest BCUT2D eigenvalue weighted by Crippen LogP contribution is -2.26. The van der Waals surface area contributed by atoms with E-state index in [1.807, 2.05) is 11.0 Å². The van der Waals surface area contributed by atoms with E-state index in [4.69, 9.17) is 0 Å². The van der Waals surface area contributed by atoms with Gasteiger partial charge in [-0.2, -0.15) is 0 Å². The third-order valence-corrected chi connectivity index (χ3v) is 3.63. The number of rotatable bonds is 2. The predicted octanol–water partition coefficient (Wildman–Crippen LogP) is 2.55. The van der Waals surface area contributed by atoms with Crippen molar-refractivity contribution in [1.29, 1.82) is 0 Å². The van der Waals surface area contributed by atoms with Crippen molar-refractivity contribution in [3.8, 4) is 0 Å². The quantitative estimate of drug-likeness (QED) is 0.733. The molecular formula is C11H15NOS. The maximum atomic E-state index is 11.9. The third kappa shape index (κ3) is 1.82. The van der Waals surface area contributed by atoms with Gasteiger partial charge in [0.25, 0.3) is 5.91 Å². The minimum Gasteiger partial charge on any atom is -0.338 e. The molecule has 0 radical (unpaired) electrons. The lowest BCUT2D eigenvalue weighted by Gasteiger charge is -2.13. The van der Waals surface area contributed by atoms with Gasteiger partial charge in [-0.05, 0) is 36.3 Å². The lowest BCUT2D eigenvalue weighted by atomic mass is 10.2. The van der Waals surface area contributed by atoms with Gasteiger partial charge in [0.1, 0.15) is 0 Å². The predicted molar refractivity (Wildman–Crippen MR) is 58.8 cm³/mol. The van der Waals surface area contributed by atoms with Crippen LogP contribution in [0.25, 0.3) is 0 Å². The molecule has 1 aromatic rings. The highest BCUT2D eigenvalue weighted by Crippen LogP contribution is 2.19. The summed E-state index contributed by atoms with van der Waals surface area (Å²) < 4.78 is 0. The Hall–Kier alpha value is -0.830. The second-order valence-electron chi connectivity index (χ2n) is 3.67. The zero-order chi connectivity index (χ0) is 9.97. The molecule has 2 rings (SSSR count). The fourth-order valence-electron chi connectivity index (χ4n) is 1.75. The minimum atomic E-state index is 0.229. The fourth-order valence-corrected chi connectivity index (χ4v) is 2.71. The molecule has 0 atom stereocenters. The molecule has 1 aliphatic rings. The van der Waals surface area contributed by atoms with Gasteiger partial charge in [-0.1, -0.05) is 6.92 Å². The molecule has 0 spiro atoms. The number of carbonyl (C=O) groups is 1.